The van der Waals surface area contributed by atoms with E-state index < -0.39 is 6.09 Å². The zero-order chi connectivity index (χ0) is 22.8. The van der Waals surface area contributed by atoms with Gasteiger partial charge in [0.05, 0.1) is 18.9 Å². The third-order valence-electron chi connectivity index (χ3n) is 6.96. The zero-order valence-corrected chi connectivity index (χ0v) is 18.7. The highest BCUT2D eigenvalue weighted by Gasteiger charge is 2.34. The van der Waals surface area contributed by atoms with Gasteiger partial charge < -0.3 is 19.9 Å². The lowest BCUT2D eigenvalue weighted by molar-refractivity contribution is -0.0796. The van der Waals surface area contributed by atoms with E-state index >= 15 is 0 Å². The van der Waals surface area contributed by atoms with Crippen molar-refractivity contribution in [2.45, 2.75) is 63.1 Å². The van der Waals surface area contributed by atoms with Crippen LogP contribution in [-0.2, 0) is 16.1 Å². The van der Waals surface area contributed by atoms with Crippen LogP contribution in [0, 0.1) is 5.92 Å². The highest BCUT2D eigenvalue weighted by molar-refractivity contribution is 5.97. The molecule has 2 aliphatic carbocycles. The largest absolute Gasteiger partial charge is 0.486 e. The summed E-state index contributed by atoms with van der Waals surface area (Å²) >= 11 is 0. The van der Waals surface area contributed by atoms with Crippen LogP contribution in [0.5, 0.6) is 5.75 Å². The van der Waals surface area contributed by atoms with Crippen LogP contribution in [0.2, 0.25) is 0 Å². The summed E-state index contributed by atoms with van der Waals surface area (Å²) in [5.74, 6) is 1.88. The van der Waals surface area contributed by atoms with E-state index in [0.29, 0.717) is 36.4 Å². The molecule has 1 amide bonds. The first-order valence-corrected chi connectivity index (χ1v) is 11.9. The molecular weight excluding hydrogens is 420 g/mol. The molecule has 2 saturated carbocycles. The third kappa shape index (κ3) is 5.19. The third-order valence-corrected chi connectivity index (χ3v) is 6.96. The molecular formula is C26H30N2O5. The van der Waals surface area contributed by atoms with Crippen LogP contribution in [0.4, 0.5) is 4.79 Å². The summed E-state index contributed by atoms with van der Waals surface area (Å²) in [5.41, 5.74) is 8.54. The van der Waals surface area contributed by atoms with Gasteiger partial charge in [0.25, 0.3) is 0 Å². The summed E-state index contributed by atoms with van der Waals surface area (Å²) in [7, 11) is 0. The van der Waals surface area contributed by atoms with Crippen molar-refractivity contribution in [3.05, 3.63) is 58.9 Å². The fraction of sp³-hybridized carbons (Fsp3) is 0.500. The Morgan fingerprint density at radius 2 is 1.64 bits per heavy atom. The van der Waals surface area contributed by atoms with E-state index in [2.05, 4.69) is 17.1 Å². The molecule has 1 aromatic carbocycles. The van der Waals surface area contributed by atoms with Gasteiger partial charge in [-0.1, -0.05) is 18.2 Å². The summed E-state index contributed by atoms with van der Waals surface area (Å²) in [4.78, 5) is 29.0. The Balaban J connectivity index is 1.22. The highest BCUT2D eigenvalue weighted by Crippen LogP contribution is 2.43. The van der Waals surface area contributed by atoms with Gasteiger partial charge in [0, 0.05) is 5.92 Å². The molecule has 0 bridgehead atoms. The Morgan fingerprint density at radius 3 is 2.24 bits per heavy atom. The van der Waals surface area contributed by atoms with Crippen LogP contribution in [-0.4, -0.2) is 36.2 Å². The standard InChI is InChI=1S/C26H30N2O5/c27-26(30)32-13-20-9-12-23(18-3-4-18)24(28-20)25(29)19-5-1-16(2-6-19)17-7-10-21(11-8-17)33-22-14-31-15-22/h7-12,16,18-19,22H,1-6,13-15H2,(H2,27,30). The molecule has 1 aliphatic heterocycles. The molecule has 1 saturated heterocycles. The van der Waals surface area contributed by atoms with Crippen LogP contribution in [0.25, 0.3) is 0 Å². The molecule has 1 aromatic heterocycles. The number of hydrogen-bond acceptors (Lipinski definition) is 6. The molecule has 2 aromatic rings. The summed E-state index contributed by atoms with van der Waals surface area (Å²) in [6.45, 7) is 1.32. The number of carbonyl (C=O) groups excluding carboxylic acids is 2. The maximum atomic E-state index is 13.4. The first-order chi connectivity index (χ1) is 16.1. The zero-order valence-electron chi connectivity index (χ0n) is 18.7. The minimum absolute atomic E-state index is 0.0131. The molecule has 2 heterocycles. The van der Waals surface area contributed by atoms with Crippen molar-refractivity contribution >= 4 is 11.9 Å². The van der Waals surface area contributed by atoms with E-state index in [0.717, 1.165) is 49.8 Å². The maximum absolute atomic E-state index is 13.4. The van der Waals surface area contributed by atoms with Crippen LogP contribution in [0.15, 0.2) is 36.4 Å². The first-order valence-electron chi connectivity index (χ1n) is 11.9. The molecule has 33 heavy (non-hydrogen) atoms. The molecule has 174 valence electrons. The predicted molar refractivity (Wildman–Crippen MR) is 121 cm³/mol. The number of aromatic nitrogens is 1. The second-order valence-corrected chi connectivity index (χ2v) is 9.38. The lowest BCUT2D eigenvalue weighted by Crippen LogP contribution is -2.38. The summed E-state index contributed by atoms with van der Waals surface area (Å²) in [6, 6.07) is 12.2. The quantitative estimate of drug-likeness (QED) is 0.595. The van der Waals surface area contributed by atoms with Gasteiger partial charge >= 0.3 is 6.09 Å². The van der Waals surface area contributed by atoms with Crippen LogP contribution < -0.4 is 10.5 Å². The van der Waals surface area contributed by atoms with E-state index in [9.17, 15) is 9.59 Å². The van der Waals surface area contributed by atoms with Crippen molar-refractivity contribution < 1.29 is 23.8 Å². The lowest BCUT2D eigenvalue weighted by Gasteiger charge is -2.29. The number of ether oxygens (including phenoxy) is 3. The highest BCUT2D eigenvalue weighted by atomic mass is 16.6. The Morgan fingerprint density at radius 1 is 0.939 bits per heavy atom. The predicted octanol–water partition coefficient (Wildman–Crippen LogP) is 4.49. The summed E-state index contributed by atoms with van der Waals surface area (Å²) in [6.07, 6.45) is 5.20. The second kappa shape index (κ2) is 9.51. The number of primary amides is 1. The number of nitrogens with two attached hydrogens (primary N) is 1. The number of carbonyl (C=O) groups is 2. The molecule has 3 fully saturated rings. The van der Waals surface area contributed by atoms with Gasteiger partial charge in [0.1, 0.15) is 24.2 Å². The van der Waals surface area contributed by atoms with Gasteiger partial charge in [-0.3, -0.25) is 4.79 Å². The topological polar surface area (TPSA) is 101 Å². The average Bonchev–Trinajstić information content (AvgIpc) is 3.65. The van der Waals surface area contributed by atoms with E-state index in [1.165, 1.54) is 5.56 Å². The number of rotatable bonds is 8. The van der Waals surface area contributed by atoms with Crippen molar-refractivity contribution in [3.63, 3.8) is 0 Å². The van der Waals surface area contributed by atoms with Gasteiger partial charge in [0.15, 0.2) is 5.78 Å². The Bertz CT molecular complexity index is 1010. The fourth-order valence-corrected chi connectivity index (χ4v) is 4.83. The first kappa shape index (κ1) is 21.9. The maximum Gasteiger partial charge on any atom is 0.404 e. The van der Waals surface area contributed by atoms with Crippen molar-refractivity contribution in [3.8, 4) is 5.75 Å². The number of amides is 1. The van der Waals surface area contributed by atoms with Gasteiger partial charge in [0.2, 0.25) is 0 Å². The number of benzene rings is 1. The average molecular weight is 451 g/mol. The SMILES string of the molecule is NC(=O)OCc1ccc(C2CC2)c(C(=O)C2CCC(c3ccc(OC4COC4)cc3)CC2)n1. The van der Waals surface area contributed by atoms with Gasteiger partial charge in [-0.05, 0) is 79.7 Å². The molecule has 0 spiro atoms. The van der Waals surface area contributed by atoms with Gasteiger partial charge in [-0.15, -0.1) is 0 Å². The number of Topliss-reactive ketones (excluding diaryl/α,β-unsaturated/α-hetero) is 1. The monoisotopic (exact) mass is 450 g/mol. The second-order valence-electron chi connectivity index (χ2n) is 9.38. The van der Waals surface area contributed by atoms with E-state index in [-0.39, 0.29) is 24.4 Å². The molecule has 0 atom stereocenters. The van der Waals surface area contributed by atoms with Crippen molar-refractivity contribution in [2.24, 2.45) is 11.7 Å². The molecule has 5 rings (SSSR count). The van der Waals surface area contributed by atoms with Gasteiger partial charge in [-0.2, -0.15) is 0 Å². The van der Waals surface area contributed by atoms with E-state index in [1.807, 2.05) is 24.3 Å². The minimum Gasteiger partial charge on any atom is -0.486 e. The van der Waals surface area contributed by atoms with Crippen molar-refractivity contribution in [2.75, 3.05) is 13.2 Å². The fourth-order valence-electron chi connectivity index (χ4n) is 4.83. The molecule has 7 heteroatoms. The molecule has 3 aliphatic rings. The molecule has 7 nitrogen and oxygen atoms in total. The molecule has 0 unspecified atom stereocenters. The van der Waals surface area contributed by atoms with E-state index in [4.69, 9.17) is 19.9 Å². The Hall–Kier alpha value is -2.93. The van der Waals surface area contributed by atoms with Crippen LogP contribution >= 0.6 is 0 Å². The minimum atomic E-state index is -0.842. The molecule has 2 N–H and O–H groups in total. The number of hydrogen-bond donors (Lipinski definition) is 1. The summed E-state index contributed by atoms with van der Waals surface area (Å²) in [5, 5.41) is 0. The Kier molecular flexibility index (Phi) is 6.31. The number of pyridine rings is 1. The van der Waals surface area contributed by atoms with E-state index in [1.54, 1.807) is 0 Å². The number of nitrogens with zero attached hydrogens (tertiary/aromatic N) is 1. The normalized spacial score (nSPS) is 22.9. The van der Waals surface area contributed by atoms with Crippen molar-refractivity contribution in [1.82, 2.24) is 4.98 Å². The van der Waals surface area contributed by atoms with Crippen molar-refractivity contribution in [1.29, 1.82) is 0 Å². The van der Waals surface area contributed by atoms with Gasteiger partial charge in [-0.25, -0.2) is 9.78 Å². The van der Waals surface area contributed by atoms with Crippen LogP contribution in [0.3, 0.4) is 0 Å². The molecule has 0 radical (unpaired) electrons. The lowest BCUT2D eigenvalue weighted by atomic mass is 9.76. The number of ketones is 1. The van der Waals surface area contributed by atoms with Crippen LogP contribution in [0.1, 0.15) is 77.7 Å². The summed E-state index contributed by atoms with van der Waals surface area (Å²) < 4.78 is 15.9. The smallest absolute Gasteiger partial charge is 0.404 e. The Labute approximate surface area is 193 Å².